The summed E-state index contributed by atoms with van der Waals surface area (Å²) in [7, 11) is 0. The number of carbonyl (C=O) groups is 1. The van der Waals surface area contributed by atoms with E-state index >= 15 is 0 Å². The van der Waals surface area contributed by atoms with E-state index in [1.54, 1.807) is 41.8 Å². The van der Waals surface area contributed by atoms with Crippen molar-refractivity contribution in [2.24, 2.45) is 0 Å². The van der Waals surface area contributed by atoms with Crippen LogP contribution in [-0.4, -0.2) is 26.4 Å². The number of halogens is 3. The maximum Gasteiger partial charge on any atom is 0.234 e. The second-order valence-corrected chi connectivity index (χ2v) is 8.20. The Morgan fingerprint density at radius 3 is 2.71 bits per heavy atom. The Morgan fingerprint density at radius 2 is 2.03 bits per heavy atom. The Bertz CT molecular complexity index is 1080. The molecule has 0 aliphatic heterocycles. The van der Waals surface area contributed by atoms with Crippen molar-refractivity contribution in [3.8, 4) is 5.75 Å². The van der Waals surface area contributed by atoms with Crippen LogP contribution < -0.4 is 10.1 Å². The summed E-state index contributed by atoms with van der Waals surface area (Å²) in [5, 5.41) is 12.5. The molecular weight excluding hydrogens is 462 g/mol. The fraction of sp³-hybridized carbons (Fsp3) is 0.190. The highest BCUT2D eigenvalue weighted by Gasteiger charge is 2.20. The number of thioether (sulfide) groups is 1. The minimum Gasteiger partial charge on any atom is -0.481 e. The molecule has 0 bridgehead atoms. The van der Waals surface area contributed by atoms with E-state index in [1.807, 2.05) is 0 Å². The zero-order valence-corrected chi connectivity index (χ0v) is 18.8. The minimum atomic E-state index is -0.521. The lowest BCUT2D eigenvalue weighted by atomic mass is 10.3. The number of nitrogens with zero attached hydrogens (tertiary/aromatic N) is 3. The number of hydrogen-bond acceptors (Lipinski definition) is 5. The van der Waals surface area contributed by atoms with Crippen LogP contribution in [0.2, 0.25) is 10.0 Å². The molecule has 1 atom stereocenters. The number of ether oxygens (including phenoxy) is 1. The Kier molecular flexibility index (Phi) is 7.95. The van der Waals surface area contributed by atoms with Crippen molar-refractivity contribution in [2.75, 3.05) is 11.1 Å². The molecule has 3 aromatic rings. The number of amides is 1. The molecule has 1 N–H and O–H groups in total. The third-order valence-corrected chi connectivity index (χ3v) is 5.59. The van der Waals surface area contributed by atoms with Crippen LogP contribution in [0.25, 0.3) is 0 Å². The summed E-state index contributed by atoms with van der Waals surface area (Å²) >= 11 is 13.1. The number of anilines is 1. The fourth-order valence-corrected chi connectivity index (χ4v) is 3.78. The fourth-order valence-electron chi connectivity index (χ4n) is 2.68. The summed E-state index contributed by atoms with van der Waals surface area (Å²) in [5.41, 5.74) is 0.654. The molecule has 0 spiro atoms. The zero-order valence-electron chi connectivity index (χ0n) is 16.5. The molecule has 10 heteroatoms. The molecule has 0 aliphatic carbocycles. The molecule has 3 rings (SSSR count). The normalized spacial score (nSPS) is 11.7. The first kappa shape index (κ1) is 23.1. The molecule has 1 amide bonds. The van der Waals surface area contributed by atoms with Gasteiger partial charge in [0.05, 0.1) is 10.8 Å². The van der Waals surface area contributed by atoms with Crippen LogP contribution in [-0.2, 0) is 11.3 Å². The van der Waals surface area contributed by atoms with Crippen molar-refractivity contribution in [2.45, 2.75) is 24.7 Å². The van der Waals surface area contributed by atoms with Crippen molar-refractivity contribution in [1.29, 1.82) is 0 Å². The molecule has 31 heavy (non-hydrogen) atoms. The topological polar surface area (TPSA) is 69.0 Å². The molecule has 0 radical (unpaired) electrons. The standard InChI is InChI=1S/C21H19Cl2FN4O2S/c1-3-10-28-20(13(2)30-18-9-6-15(24)11-17(18)23)26-27-21(28)31-12-19(29)25-16-7-4-14(22)5-8-16/h3-9,11,13H,1,10,12H2,2H3,(H,25,29). The average molecular weight is 481 g/mol. The second-order valence-electron chi connectivity index (χ2n) is 6.42. The molecule has 1 aromatic heterocycles. The highest BCUT2D eigenvalue weighted by atomic mass is 35.5. The van der Waals surface area contributed by atoms with Crippen LogP contribution in [0.4, 0.5) is 10.1 Å². The van der Waals surface area contributed by atoms with E-state index in [-0.39, 0.29) is 16.7 Å². The van der Waals surface area contributed by atoms with Gasteiger partial charge in [-0.3, -0.25) is 9.36 Å². The highest BCUT2D eigenvalue weighted by molar-refractivity contribution is 7.99. The maximum atomic E-state index is 13.3. The van der Waals surface area contributed by atoms with Crippen LogP contribution in [0.3, 0.4) is 0 Å². The number of allylic oxidation sites excluding steroid dienone is 1. The lowest BCUT2D eigenvalue weighted by molar-refractivity contribution is -0.113. The first-order chi connectivity index (χ1) is 14.9. The van der Waals surface area contributed by atoms with E-state index in [9.17, 15) is 9.18 Å². The molecule has 0 fully saturated rings. The van der Waals surface area contributed by atoms with Gasteiger partial charge in [-0.1, -0.05) is 41.0 Å². The smallest absolute Gasteiger partial charge is 0.234 e. The van der Waals surface area contributed by atoms with Gasteiger partial charge in [-0.05, 0) is 49.4 Å². The zero-order chi connectivity index (χ0) is 22.4. The number of nitrogens with one attached hydrogen (secondary N) is 1. The number of carbonyl (C=O) groups excluding carboxylic acids is 1. The minimum absolute atomic E-state index is 0.136. The SMILES string of the molecule is C=CCn1c(SCC(=O)Nc2ccc(Cl)cc2)nnc1C(C)Oc1ccc(F)cc1Cl. The predicted octanol–water partition coefficient (Wildman–Crippen LogP) is 5.78. The summed E-state index contributed by atoms with van der Waals surface area (Å²) in [6, 6.07) is 10.8. The summed E-state index contributed by atoms with van der Waals surface area (Å²) in [4.78, 5) is 12.3. The number of rotatable bonds is 9. The van der Waals surface area contributed by atoms with Crippen molar-refractivity contribution >= 4 is 46.6 Å². The van der Waals surface area contributed by atoms with Crippen molar-refractivity contribution in [3.05, 3.63) is 76.8 Å². The van der Waals surface area contributed by atoms with Crippen LogP contribution in [0, 0.1) is 5.82 Å². The number of benzene rings is 2. The van der Waals surface area contributed by atoms with Gasteiger partial charge in [0.25, 0.3) is 0 Å². The van der Waals surface area contributed by atoms with Gasteiger partial charge in [0, 0.05) is 17.3 Å². The predicted molar refractivity (Wildman–Crippen MR) is 121 cm³/mol. The van der Waals surface area contributed by atoms with E-state index in [4.69, 9.17) is 27.9 Å². The van der Waals surface area contributed by atoms with Crippen molar-refractivity contribution < 1.29 is 13.9 Å². The highest BCUT2D eigenvalue weighted by Crippen LogP contribution is 2.30. The molecule has 162 valence electrons. The third-order valence-electron chi connectivity index (χ3n) is 4.08. The van der Waals surface area contributed by atoms with Gasteiger partial charge in [0.2, 0.25) is 5.91 Å². The monoisotopic (exact) mass is 480 g/mol. The Labute approximate surface area is 193 Å². The maximum absolute atomic E-state index is 13.3. The van der Waals surface area contributed by atoms with E-state index in [0.717, 1.165) is 0 Å². The molecule has 2 aromatic carbocycles. The Balaban J connectivity index is 1.68. The van der Waals surface area contributed by atoms with E-state index < -0.39 is 11.9 Å². The first-order valence-electron chi connectivity index (χ1n) is 9.21. The lowest BCUT2D eigenvalue weighted by Gasteiger charge is -2.16. The lowest BCUT2D eigenvalue weighted by Crippen LogP contribution is -2.15. The van der Waals surface area contributed by atoms with Gasteiger partial charge < -0.3 is 10.1 Å². The van der Waals surface area contributed by atoms with Gasteiger partial charge in [0.15, 0.2) is 17.1 Å². The number of aromatic nitrogens is 3. The molecule has 0 aliphatic rings. The van der Waals surface area contributed by atoms with Crippen molar-refractivity contribution in [1.82, 2.24) is 14.8 Å². The summed E-state index contributed by atoms with van der Waals surface area (Å²) in [6.45, 7) is 5.97. The molecule has 0 saturated heterocycles. The summed E-state index contributed by atoms with van der Waals surface area (Å²) < 4.78 is 20.9. The Morgan fingerprint density at radius 1 is 1.29 bits per heavy atom. The largest absolute Gasteiger partial charge is 0.481 e. The summed E-state index contributed by atoms with van der Waals surface area (Å²) in [6.07, 6.45) is 1.18. The van der Waals surface area contributed by atoms with Gasteiger partial charge in [0.1, 0.15) is 11.6 Å². The van der Waals surface area contributed by atoms with E-state index in [0.29, 0.717) is 34.0 Å². The Hall–Kier alpha value is -2.55. The molecular formula is C21H19Cl2FN4O2S. The van der Waals surface area contributed by atoms with Crippen LogP contribution >= 0.6 is 35.0 Å². The van der Waals surface area contributed by atoms with Crippen LogP contribution in [0.5, 0.6) is 5.75 Å². The van der Waals surface area contributed by atoms with Gasteiger partial charge in [-0.25, -0.2) is 4.39 Å². The second kappa shape index (κ2) is 10.7. The summed E-state index contributed by atoms with van der Waals surface area (Å²) in [5.74, 6) is 0.359. The van der Waals surface area contributed by atoms with Gasteiger partial charge in [-0.2, -0.15) is 0 Å². The molecule has 0 saturated carbocycles. The average Bonchev–Trinajstić information content (AvgIpc) is 3.13. The van der Waals surface area contributed by atoms with E-state index in [2.05, 4.69) is 22.1 Å². The third kappa shape index (κ3) is 6.22. The quantitative estimate of drug-likeness (QED) is 0.310. The van der Waals surface area contributed by atoms with Crippen LogP contribution in [0.1, 0.15) is 18.9 Å². The van der Waals surface area contributed by atoms with Gasteiger partial charge >= 0.3 is 0 Å². The van der Waals surface area contributed by atoms with Crippen LogP contribution in [0.15, 0.2) is 60.3 Å². The van der Waals surface area contributed by atoms with Crippen molar-refractivity contribution in [3.63, 3.8) is 0 Å². The van der Waals surface area contributed by atoms with Gasteiger partial charge in [-0.15, -0.1) is 16.8 Å². The first-order valence-corrected chi connectivity index (χ1v) is 11.0. The molecule has 6 nitrogen and oxygen atoms in total. The number of hydrogen-bond donors (Lipinski definition) is 1. The van der Waals surface area contributed by atoms with E-state index in [1.165, 1.54) is 30.0 Å². The molecule has 1 heterocycles. The molecule has 1 unspecified atom stereocenters.